The SMILES string of the molecule is COc1cc(-c2nccc(-c3cc4c([nH]3)C3(CC3)CNC4=O)n2)ccc1C. The van der Waals surface area contributed by atoms with E-state index in [9.17, 15) is 4.79 Å². The topological polar surface area (TPSA) is 79.9 Å². The largest absolute Gasteiger partial charge is 0.496 e. The number of amides is 1. The van der Waals surface area contributed by atoms with Gasteiger partial charge >= 0.3 is 0 Å². The molecule has 0 radical (unpaired) electrons. The number of ether oxygens (including phenoxy) is 1. The second kappa shape index (κ2) is 5.67. The van der Waals surface area contributed by atoms with Crippen molar-refractivity contribution in [2.45, 2.75) is 25.2 Å². The summed E-state index contributed by atoms with van der Waals surface area (Å²) in [5, 5.41) is 3.01. The van der Waals surface area contributed by atoms with Gasteiger partial charge in [0.05, 0.1) is 24.1 Å². The average Bonchev–Trinajstić information content (AvgIpc) is 3.32. The molecule has 1 saturated carbocycles. The van der Waals surface area contributed by atoms with Gasteiger partial charge in [0.1, 0.15) is 5.75 Å². The fourth-order valence-electron chi connectivity index (χ4n) is 3.81. The number of rotatable bonds is 3. The van der Waals surface area contributed by atoms with Gasteiger partial charge in [-0.1, -0.05) is 12.1 Å². The molecule has 5 rings (SSSR count). The lowest BCUT2D eigenvalue weighted by Gasteiger charge is -2.21. The number of hydrogen-bond donors (Lipinski definition) is 2. The first-order valence-corrected chi connectivity index (χ1v) is 9.10. The molecule has 0 atom stereocenters. The number of aryl methyl sites for hydroxylation is 1. The molecule has 1 spiro atoms. The molecular formula is C21H20N4O2. The van der Waals surface area contributed by atoms with Crippen molar-refractivity contribution in [1.82, 2.24) is 20.3 Å². The summed E-state index contributed by atoms with van der Waals surface area (Å²) in [6.45, 7) is 2.72. The van der Waals surface area contributed by atoms with Gasteiger partial charge in [-0.25, -0.2) is 9.97 Å². The van der Waals surface area contributed by atoms with Crippen molar-refractivity contribution in [3.63, 3.8) is 0 Å². The van der Waals surface area contributed by atoms with Crippen LogP contribution < -0.4 is 10.1 Å². The molecule has 0 bridgehead atoms. The second-order valence-electron chi connectivity index (χ2n) is 7.38. The molecule has 2 aromatic heterocycles. The van der Waals surface area contributed by atoms with E-state index in [1.54, 1.807) is 13.3 Å². The standard InChI is InChI=1S/C21H20N4O2/c1-12-3-4-13(9-17(12)27-2)19-22-8-5-15(25-19)16-10-14-18(24-16)21(6-7-21)11-23-20(14)26/h3-5,8-10,24H,6-7,11H2,1-2H3,(H,23,26). The predicted octanol–water partition coefficient (Wildman–Crippen LogP) is 3.23. The molecule has 27 heavy (non-hydrogen) atoms. The van der Waals surface area contributed by atoms with Gasteiger partial charge in [-0.05, 0) is 43.5 Å². The van der Waals surface area contributed by atoms with Gasteiger partial charge in [0, 0.05) is 29.4 Å². The Labute approximate surface area is 157 Å². The van der Waals surface area contributed by atoms with Gasteiger partial charge in [-0.15, -0.1) is 0 Å². The third-order valence-electron chi connectivity index (χ3n) is 5.63. The zero-order valence-electron chi connectivity index (χ0n) is 15.3. The Morgan fingerprint density at radius 3 is 2.81 bits per heavy atom. The molecule has 3 heterocycles. The first-order chi connectivity index (χ1) is 13.1. The van der Waals surface area contributed by atoms with Crippen LogP contribution in [-0.4, -0.2) is 34.5 Å². The molecule has 0 unspecified atom stereocenters. The van der Waals surface area contributed by atoms with Crippen molar-refractivity contribution in [3.8, 4) is 28.5 Å². The first-order valence-electron chi connectivity index (χ1n) is 9.10. The van der Waals surface area contributed by atoms with E-state index in [1.807, 2.05) is 37.3 Å². The van der Waals surface area contributed by atoms with Crippen LogP contribution >= 0.6 is 0 Å². The van der Waals surface area contributed by atoms with E-state index in [2.05, 4.69) is 15.3 Å². The average molecular weight is 360 g/mol. The number of aromatic nitrogens is 3. The smallest absolute Gasteiger partial charge is 0.253 e. The van der Waals surface area contributed by atoms with Crippen LogP contribution in [-0.2, 0) is 5.41 Å². The highest BCUT2D eigenvalue weighted by Gasteiger charge is 2.50. The number of carbonyl (C=O) groups is 1. The summed E-state index contributed by atoms with van der Waals surface area (Å²) >= 11 is 0. The number of methoxy groups -OCH3 is 1. The predicted molar refractivity (Wildman–Crippen MR) is 102 cm³/mol. The molecule has 1 amide bonds. The summed E-state index contributed by atoms with van der Waals surface area (Å²) in [4.78, 5) is 24.9. The summed E-state index contributed by atoms with van der Waals surface area (Å²) in [6, 6.07) is 9.71. The van der Waals surface area contributed by atoms with E-state index in [1.165, 1.54) is 0 Å². The van der Waals surface area contributed by atoms with Crippen LogP contribution in [0.1, 0.15) is 34.5 Å². The molecule has 1 aliphatic heterocycles. The molecule has 6 nitrogen and oxygen atoms in total. The minimum atomic E-state index is -0.0115. The van der Waals surface area contributed by atoms with E-state index in [-0.39, 0.29) is 11.3 Å². The lowest BCUT2D eigenvalue weighted by atomic mass is 9.95. The van der Waals surface area contributed by atoms with Crippen molar-refractivity contribution in [3.05, 3.63) is 53.3 Å². The number of nitrogens with one attached hydrogen (secondary N) is 2. The summed E-state index contributed by atoms with van der Waals surface area (Å²) in [7, 11) is 1.66. The molecule has 1 aromatic carbocycles. The van der Waals surface area contributed by atoms with Crippen LogP contribution in [0.15, 0.2) is 36.5 Å². The van der Waals surface area contributed by atoms with E-state index in [0.29, 0.717) is 5.82 Å². The molecule has 1 fully saturated rings. The van der Waals surface area contributed by atoms with E-state index in [4.69, 9.17) is 9.72 Å². The Hall–Kier alpha value is -3.15. The summed E-state index contributed by atoms with van der Waals surface area (Å²) in [5.74, 6) is 1.43. The Bertz CT molecular complexity index is 1070. The number of H-pyrrole nitrogens is 1. The fourth-order valence-corrected chi connectivity index (χ4v) is 3.81. The van der Waals surface area contributed by atoms with Gasteiger partial charge in [0.15, 0.2) is 5.82 Å². The number of fused-ring (bicyclic) bond motifs is 2. The fraction of sp³-hybridized carbons (Fsp3) is 0.286. The summed E-state index contributed by atoms with van der Waals surface area (Å²) in [5.41, 5.74) is 5.48. The Morgan fingerprint density at radius 1 is 1.19 bits per heavy atom. The highest BCUT2D eigenvalue weighted by atomic mass is 16.5. The Morgan fingerprint density at radius 2 is 2.04 bits per heavy atom. The molecular weight excluding hydrogens is 340 g/mol. The van der Waals surface area contributed by atoms with Crippen molar-refractivity contribution in [2.75, 3.05) is 13.7 Å². The number of carbonyl (C=O) groups excluding carboxylic acids is 1. The highest BCUT2D eigenvalue weighted by molar-refractivity contribution is 5.98. The normalized spacial score (nSPS) is 16.7. The Balaban J connectivity index is 1.56. The van der Waals surface area contributed by atoms with Crippen LogP contribution in [0.5, 0.6) is 5.75 Å². The maximum Gasteiger partial charge on any atom is 0.253 e. The van der Waals surface area contributed by atoms with Gasteiger partial charge in [0.2, 0.25) is 0 Å². The zero-order valence-corrected chi connectivity index (χ0v) is 15.3. The van der Waals surface area contributed by atoms with Crippen molar-refractivity contribution >= 4 is 5.91 Å². The van der Waals surface area contributed by atoms with Crippen molar-refractivity contribution in [1.29, 1.82) is 0 Å². The molecule has 2 N–H and O–H groups in total. The van der Waals surface area contributed by atoms with Crippen LogP contribution in [0, 0.1) is 6.92 Å². The number of aromatic amines is 1. The molecule has 2 aliphatic rings. The zero-order chi connectivity index (χ0) is 18.6. The molecule has 3 aromatic rings. The van der Waals surface area contributed by atoms with Gasteiger partial charge in [-0.3, -0.25) is 4.79 Å². The van der Waals surface area contributed by atoms with Crippen LogP contribution in [0.25, 0.3) is 22.8 Å². The van der Waals surface area contributed by atoms with E-state index >= 15 is 0 Å². The number of nitrogens with zero attached hydrogens (tertiary/aromatic N) is 2. The third kappa shape index (κ3) is 2.51. The lowest BCUT2D eigenvalue weighted by molar-refractivity contribution is 0.0937. The quantitative estimate of drug-likeness (QED) is 0.751. The van der Waals surface area contributed by atoms with Crippen LogP contribution in [0.3, 0.4) is 0 Å². The lowest BCUT2D eigenvalue weighted by Crippen LogP contribution is -2.38. The Kier molecular flexibility index (Phi) is 3.37. The number of hydrogen-bond acceptors (Lipinski definition) is 4. The van der Waals surface area contributed by atoms with E-state index < -0.39 is 0 Å². The first kappa shape index (κ1) is 16.1. The maximum absolute atomic E-state index is 12.3. The van der Waals surface area contributed by atoms with Crippen LogP contribution in [0.4, 0.5) is 0 Å². The highest BCUT2D eigenvalue weighted by Crippen LogP contribution is 2.50. The van der Waals surface area contributed by atoms with Gasteiger partial charge < -0.3 is 15.0 Å². The van der Waals surface area contributed by atoms with Gasteiger partial charge in [0.25, 0.3) is 5.91 Å². The van der Waals surface area contributed by atoms with Crippen molar-refractivity contribution < 1.29 is 9.53 Å². The van der Waals surface area contributed by atoms with Crippen LogP contribution in [0.2, 0.25) is 0 Å². The van der Waals surface area contributed by atoms with Gasteiger partial charge in [-0.2, -0.15) is 0 Å². The minimum Gasteiger partial charge on any atom is -0.496 e. The second-order valence-corrected chi connectivity index (χ2v) is 7.38. The summed E-state index contributed by atoms with van der Waals surface area (Å²) in [6.07, 6.45) is 3.97. The molecule has 1 aliphatic carbocycles. The molecule has 0 saturated heterocycles. The molecule has 136 valence electrons. The number of benzene rings is 1. The van der Waals surface area contributed by atoms with E-state index in [0.717, 1.165) is 58.9 Å². The van der Waals surface area contributed by atoms with Crippen molar-refractivity contribution in [2.24, 2.45) is 0 Å². The maximum atomic E-state index is 12.3. The molecule has 6 heteroatoms. The summed E-state index contributed by atoms with van der Waals surface area (Å²) < 4.78 is 5.41. The third-order valence-corrected chi connectivity index (χ3v) is 5.63. The monoisotopic (exact) mass is 360 g/mol. The minimum absolute atomic E-state index is 0.0115.